The van der Waals surface area contributed by atoms with Crippen molar-refractivity contribution in [2.45, 2.75) is 4.90 Å². The Morgan fingerprint density at radius 3 is 2.22 bits per heavy atom. The minimum atomic E-state index is 0. The van der Waals surface area contributed by atoms with E-state index >= 15 is 0 Å². The number of nitrogen functional groups attached to an aromatic ring is 1. The summed E-state index contributed by atoms with van der Waals surface area (Å²) in [4.78, 5) is 0.840. The van der Waals surface area contributed by atoms with E-state index in [1.54, 1.807) is 0 Å². The third-order valence-corrected chi connectivity index (χ3v) is 1.34. The van der Waals surface area contributed by atoms with Gasteiger partial charge in [0.1, 0.15) is 0 Å². The van der Waals surface area contributed by atoms with Crippen LogP contribution in [0.5, 0.6) is 0 Å². The fraction of sp³-hybridized carbons (Fsp3) is 0. The number of nitrogens with two attached hydrogens (primary N) is 1. The van der Waals surface area contributed by atoms with Gasteiger partial charge in [0.25, 0.3) is 0 Å². The number of para-hydroxylation sites is 1. The summed E-state index contributed by atoms with van der Waals surface area (Å²) in [6.45, 7) is 0. The average Bonchev–Trinajstić information content (AvgIpc) is 1.77. The molecular formula is C6H8NNaS. The van der Waals surface area contributed by atoms with Crippen molar-refractivity contribution in [3.8, 4) is 0 Å². The molecule has 2 N–H and O–H groups in total. The molecule has 1 aromatic carbocycles. The van der Waals surface area contributed by atoms with Crippen LogP contribution in [0.1, 0.15) is 1.43 Å². The van der Waals surface area contributed by atoms with Crippen LogP contribution in [-0.2, 0) is 0 Å². The molecule has 0 aromatic heterocycles. The first kappa shape index (κ1) is 9.37. The van der Waals surface area contributed by atoms with Crippen molar-refractivity contribution in [3.63, 3.8) is 0 Å². The number of hydrogen-bond donors (Lipinski definition) is 2. The van der Waals surface area contributed by atoms with Crippen LogP contribution in [-0.4, -0.2) is 0 Å². The maximum Gasteiger partial charge on any atom is 1.00 e. The Morgan fingerprint density at radius 2 is 1.89 bits per heavy atom. The maximum atomic E-state index is 5.44. The second-order valence-corrected chi connectivity index (χ2v) is 2.04. The molecular weight excluding hydrogens is 141 g/mol. The Hall–Kier alpha value is 0.370. The summed E-state index contributed by atoms with van der Waals surface area (Å²) in [5, 5.41) is 0. The molecule has 0 bridgehead atoms. The molecule has 0 atom stereocenters. The Labute approximate surface area is 83.8 Å². The van der Waals surface area contributed by atoms with E-state index in [0.717, 1.165) is 10.6 Å². The number of thiol groups is 1. The Bertz CT molecular complexity index is 174. The van der Waals surface area contributed by atoms with Crippen LogP contribution in [0.25, 0.3) is 0 Å². The minimum Gasteiger partial charge on any atom is -1.00 e. The van der Waals surface area contributed by atoms with Crippen molar-refractivity contribution in [1.82, 2.24) is 0 Å². The van der Waals surface area contributed by atoms with E-state index in [1.807, 2.05) is 24.3 Å². The summed E-state index contributed by atoms with van der Waals surface area (Å²) in [5.74, 6) is 0. The summed E-state index contributed by atoms with van der Waals surface area (Å²) >= 11 is 4.07. The third-order valence-electron chi connectivity index (χ3n) is 0.937. The normalized spacial score (nSPS) is 8.11. The minimum absolute atomic E-state index is 0. The SMILES string of the molecule is Nc1ccccc1S.[H-].[Na+]. The quantitative estimate of drug-likeness (QED) is 0.267. The van der Waals surface area contributed by atoms with Gasteiger partial charge in [-0.2, -0.15) is 0 Å². The molecule has 1 nitrogen and oxygen atoms in total. The van der Waals surface area contributed by atoms with Gasteiger partial charge in [0.05, 0.1) is 0 Å². The smallest absolute Gasteiger partial charge is 1.00 e. The molecule has 0 saturated heterocycles. The first-order valence-electron chi connectivity index (χ1n) is 2.34. The molecule has 1 rings (SSSR count). The number of benzene rings is 1. The van der Waals surface area contributed by atoms with Gasteiger partial charge in [-0.15, -0.1) is 12.6 Å². The molecule has 9 heavy (non-hydrogen) atoms. The molecule has 0 radical (unpaired) electrons. The Balaban J connectivity index is 0. The molecule has 0 saturated carbocycles. The summed E-state index contributed by atoms with van der Waals surface area (Å²) in [5.41, 5.74) is 6.18. The van der Waals surface area contributed by atoms with E-state index in [2.05, 4.69) is 12.6 Å². The zero-order valence-corrected chi connectivity index (χ0v) is 8.23. The summed E-state index contributed by atoms with van der Waals surface area (Å²) in [7, 11) is 0. The summed E-state index contributed by atoms with van der Waals surface area (Å²) in [6, 6.07) is 7.47. The van der Waals surface area contributed by atoms with E-state index in [-0.39, 0.29) is 31.0 Å². The van der Waals surface area contributed by atoms with Crippen LogP contribution in [0.4, 0.5) is 5.69 Å². The molecule has 0 unspecified atom stereocenters. The predicted molar refractivity (Wildman–Crippen MR) is 39.2 cm³/mol. The van der Waals surface area contributed by atoms with Crippen molar-refractivity contribution >= 4 is 18.3 Å². The van der Waals surface area contributed by atoms with Crippen LogP contribution in [0, 0.1) is 0 Å². The van der Waals surface area contributed by atoms with Crippen LogP contribution in [0.2, 0.25) is 0 Å². The molecule has 44 valence electrons. The molecule has 0 heterocycles. The summed E-state index contributed by atoms with van der Waals surface area (Å²) in [6.07, 6.45) is 0. The monoisotopic (exact) mass is 149 g/mol. The fourth-order valence-corrected chi connectivity index (χ4v) is 0.648. The van der Waals surface area contributed by atoms with Gasteiger partial charge in [0.2, 0.25) is 0 Å². The van der Waals surface area contributed by atoms with E-state index in [9.17, 15) is 0 Å². The van der Waals surface area contributed by atoms with Crippen LogP contribution < -0.4 is 35.3 Å². The number of anilines is 1. The molecule has 1 aromatic rings. The second kappa shape index (κ2) is 4.23. The van der Waals surface area contributed by atoms with Crippen LogP contribution in [0.3, 0.4) is 0 Å². The van der Waals surface area contributed by atoms with Gasteiger partial charge in [-0.25, -0.2) is 0 Å². The maximum absolute atomic E-state index is 5.44. The topological polar surface area (TPSA) is 26.0 Å². The molecule has 0 aliphatic rings. The number of hydrogen-bond acceptors (Lipinski definition) is 2. The summed E-state index contributed by atoms with van der Waals surface area (Å²) < 4.78 is 0. The molecule has 0 amide bonds. The predicted octanol–water partition coefficient (Wildman–Crippen LogP) is -1.33. The van der Waals surface area contributed by atoms with E-state index in [4.69, 9.17) is 5.73 Å². The molecule has 0 aliphatic heterocycles. The molecule has 3 heteroatoms. The van der Waals surface area contributed by atoms with Gasteiger partial charge in [-0.1, -0.05) is 12.1 Å². The van der Waals surface area contributed by atoms with Crippen molar-refractivity contribution < 1.29 is 31.0 Å². The molecule has 0 spiro atoms. The average molecular weight is 149 g/mol. The zero-order valence-electron chi connectivity index (χ0n) is 6.33. The van der Waals surface area contributed by atoms with Crippen LogP contribution >= 0.6 is 12.6 Å². The molecule has 0 aliphatic carbocycles. The first-order chi connectivity index (χ1) is 3.80. The second-order valence-electron chi connectivity index (χ2n) is 1.56. The molecule has 0 fully saturated rings. The van der Waals surface area contributed by atoms with E-state index < -0.39 is 0 Å². The largest absolute Gasteiger partial charge is 1.00 e. The van der Waals surface area contributed by atoms with Crippen LogP contribution in [0.15, 0.2) is 29.2 Å². The van der Waals surface area contributed by atoms with Crippen molar-refractivity contribution in [1.29, 1.82) is 0 Å². The van der Waals surface area contributed by atoms with Gasteiger partial charge < -0.3 is 7.16 Å². The number of rotatable bonds is 0. The zero-order chi connectivity index (χ0) is 5.98. The fourth-order valence-electron chi connectivity index (χ4n) is 0.488. The first-order valence-corrected chi connectivity index (χ1v) is 2.79. The van der Waals surface area contributed by atoms with E-state index in [0.29, 0.717) is 0 Å². The Kier molecular flexibility index (Phi) is 4.40. The van der Waals surface area contributed by atoms with Crippen molar-refractivity contribution in [3.05, 3.63) is 24.3 Å². The van der Waals surface area contributed by atoms with Gasteiger partial charge in [-0.05, 0) is 12.1 Å². The standard InChI is InChI=1S/C6H7NS.Na.H/c7-5-3-1-2-4-6(5)8;;/h1-4,8H,7H2;;/q;+1;-1. The Morgan fingerprint density at radius 1 is 1.33 bits per heavy atom. The van der Waals surface area contributed by atoms with Gasteiger partial charge in [-0.3, -0.25) is 0 Å². The van der Waals surface area contributed by atoms with Crippen molar-refractivity contribution in [2.24, 2.45) is 0 Å². The van der Waals surface area contributed by atoms with Gasteiger partial charge in [0.15, 0.2) is 0 Å². The van der Waals surface area contributed by atoms with E-state index in [1.165, 1.54) is 0 Å². The van der Waals surface area contributed by atoms with Gasteiger partial charge in [0, 0.05) is 10.6 Å². The van der Waals surface area contributed by atoms with Crippen molar-refractivity contribution in [2.75, 3.05) is 5.73 Å². The van der Waals surface area contributed by atoms with Gasteiger partial charge >= 0.3 is 29.6 Å². The third kappa shape index (κ3) is 2.63.